The highest BCUT2D eigenvalue weighted by Crippen LogP contribution is 2.37. The molecule has 23 heavy (non-hydrogen) atoms. The Morgan fingerprint density at radius 2 is 1.78 bits per heavy atom. The summed E-state index contributed by atoms with van der Waals surface area (Å²) >= 11 is 0. The van der Waals surface area contributed by atoms with Gasteiger partial charge in [-0.2, -0.15) is 0 Å². The molecule has 0 saturated carbocycles. The molecule has 1 amide bonds. The van der Waals surface area contributed by atoms with E-state index >= 15 is 0 Å². The van der Waals surface area contributed by atoms with Gasteiger partial charge in [0, 0.05) is 19.1 Å². The molecule has 1 fully saturated rings. The molecule has 136 valence electrons. The largest absolute Gasteiger partial charge is 0.444 e. The quantitative estimate of drug-likeness (QED) is 0.791. The number of rotatable bonds is 4. The van der Waals surface area contributed by atoms with E-state index in [0.717, 1.165) is 6.42 Å². The lowest BCUT2D eigenvalue weighted by molar-refractivity contribution is 0.0170. The number of carbonyl (C=O) groups excluding carboxylic acids is 1. The second kappa shape index (κ2) is 7.11. The number of likely N-dealkylation sites (tertiary alicyclic amines) is 1. The van der Waals surface area contributed by atoms with Crippen LogP contribution in [0.15, 0.2) is 0 Å². The summed E-state index contributed by atoms with van der Waals surface area (Å²) in [6.07, 6.45) is 0.427. The van der Waals surface area contributed by atoms with Crippen molar-refractivity contribution in [2.24, 2.45) is 5.92 Å². The van der Waals surface area contributed by atoms with Crippen LogP contribution < -0.4 is 0 Å². The first-order chi connectivity index (χ1) is 10.3. The van der Waals surface area contributed by atoms with Gasteiger partial charge in [-0.15, -0.1) is 0 Å². The molecule has 1 saturated heterocycles. The van der Waals surface area contributed by atoms with Crippen LogP contribution >= 0.6 is 0 Å². The van der Waals surface area contributed by atoms with Gasteiger partial charge in [-0.1, -0.05) is 20.8 Å². The molecule has 0 aromatic heterocycles. The van der Waals surface area contributed by atoms with Gasteiger partial charge in [0.2, 0.25) is 0 Å². The second-order valence-electron chi connectivity index (χ2n) is 9.14. The van der Waals surface area contributed by atoms with Gasteiger partial charge in [0.15, 0.2) is 8.32 Å². The zero-order chi connectivity index (χ0) is 18.1. The van der Waals surface area contributed by atoms with E-state index in [1.165, 1.54) is 0 Å². The number of amides is 1. The molecule has 0 bridgehead atoms. The Bertz CT molecular complexity index is 412. The first-order valence-electron chi connectivity index (χ1n) is 8.51. The summed E-state index contributed by atoms with van der Waals surface area (Å²) in [5, 5.41) is 9.75. The molecule has 0 unspecified atom stereocenters. The van der Waals surface area contributed by atoms with E-state index in [9.17, 15) is 9.90 Å². The van der Waals surface area contributed by atoms with E-state index in [4.69, 9.17) is 9.16 Å². The summed E-state index contributed by atoms with van der Waals surface area (Å²) in [7, 11) is -1.79. The van der Waals surface area contributed by atoms with Crippen LogP contribution in [0.2, 0.25) is 18.1 Å². The number of carbonyl (C=O) groups is 1. The topological polar surface area (TPSA) is 59.0 Å². The number of aliphatic hydroxyl groups is 1. The Balaban J connectivity index is 2.64. The molecule has 0 spiro atoms. The summed E-state index contributed by atoms with van der Waals surface area (Å²) in [6, 6.07) is -0.169. The van der Waals surface area contributed by atoms with Gasteiger partial charge in [0.05, 0.1) is 12.6 Å². The third-order valence-corrected chi connectivity index (χ3v) is 9.33. The van der Waals surface area contributed by atoms with E-state index in [1.807, 2.05) is 20.8 Å². The first kappa shape index (κ1) is 20.5. The molecular formula is C17H35NO4Si. The molecule has 5 nitrogen and oxygen atoms in total. The van der Waals surface area contributed by atoms with Crippen molar-refractivity contribution >= 4 is 14.4 Å². The van der Waals surface area contributed by atoms with Crippen molar-refractivity contribution in [2.45, 2.75) is 77.7 Å². The minimum Gasteiger partial charge on any atom is -0.444 e. The molecule has 1 heterocycles. The molecule has 1 aliphatic rings. The maximum absolute atomic E-state index is 12.3. The molecule has 0 aliphatic carbocycles. The van der Waals surface area contributed by atoms with Crippen LogP contribution in [0.5, 0.6) is 0 Å². The molecule has 1 aliphatic heterocycles. The van der Waals surface area contributed by atoms with Crippen molar-refractivity contribution in [2.75, 3.05) is 19.8 Å². The van der Waals surface area contributed by atoms with Gasteiger partial charge in [-0.3, -0.25) is 0 Å². The Hall–Kier alpha value is -0.593. The zero-order valence-corrected chi connectivity index (χ0v) is 17.1. The number of ether oxygens (including phenoxy) is 1. The summed E-state index contributed by atoms with van der Waals surface area (Å²) in [5.41, 5.74) is -0.521. The highest BCUT2D eigenvalue weighted by molar-refractivity contribution is 6.74. The van der Waals surface area contributed by atoms with Crippen LogP contribution in [0.1, 0.15) is 48.0 Å². The second-order valence-corrected chi connectivity index (χ2v) is 14.0. The van der Waals surface area contributed by atoms with Gasteiger partial charge in [-0.25, -0.2) is 4.79 Å². The number of hydrogen-bond acceptors (Lipinski definition) is 4. The zero-order valence-electron chi connectivity index (χ0n) is 16.1. The van der Waals surface area contributed by atoms with Crippen molar-refractivity contribution in [1.29, 1.82) is 0 Å². The van der Waals surface area contributed by atoms with Gasteiger partial charge < -0.3 is 19.2 Å². The fourth-order valence-electron chi connectivity index (χ4n) is 2.39. The van der Waals surface area contributed by atoms with E-state index in [-0.39, 0.29) is 29.7 Å². The average Bonchev–Trinajstić information content (AvgIpc) is 2.76. The van der Waals surface area contributed by atoms with Crippen LogP contribution in [0.3, 0.4) is 0 Å². The minimum absolute atomic E-state index is 0.0319. The van der Waals surface area contributed by atoms with Crippen molar-refractivity contribution in [3.63, 3.8) is 0 Å². The summed E-state index contributed by atoms with van der Waals surface area (Å²) in [4.78, 5) is 14.0. The van der Waals surface area contributed by atoms with Gasteiger partial charge in [0.25, 0.3) is 0 Å². The van der Waals surface area contributed by atoms with Gasteiger partial charge >= 0.3 is 6.09 Å². The Kier molecular flexibility index (Phi) is 6.32. The molecular weight excluding hydrogens is 310 g/mol. The predicted molar refractivity (Wildman–Crippen MR) is 95.1 cm³/mol. The van der Waals surface area contributed by atoms with Gasteiger partial charge in [0.1, 0.15) is 5.60 Å². The average molecular weight is 346 g/mol. The molecule has 0 radical (unpaired) electrons. The normalized spacial score (nSPS) is 23.3. The highest BCUT2D eigenvalue weighted by Gasteiger charge is 2.41. The van der Waals surface area contributed by atoms with Crippen LogP contribution in [0.4, 0.5) is 4.79 Å². The Morgan fingerprint density at radius 1 is 1.22 bits per heavy atom. The van der Waals surface area contributed by atoms with Crippen LogP contribution in [-0.2, 0) is 9.16 Å². The van der Waals surface area contributed by atoms with E-state index in [0.29, 0.717) is 13.2 Å². The third kappa shape index (κ3) is 5.76. The number of hydrogen-bond donors (Lipinski definition) is 1. The fourth-order valence-corrected chi connectivity index (χ4v) is 3.48. The number of aliphatic hydroxyl groups excluding tert-OH is 1. The van der Waals surface area contributed by atoms with Crippen LogP contribution in [0, 0.1) is 5.92 Å². The third-order valence-electron chi connectivity index (χ3n) is 4.83. The molecule has 6 heteroatoms. The highest BCUT2D eigenvalue weighted by atomic mass is 28.4. The fraction of sp³-hybridized carbons (Fsp3) is 0.941. The Labute approximate surface area is 142 Å². The molecule has 1 N–H and O–H groups in total. The predicted octanol–water partition coefficient (Wildman–Crippen LogP) is 3.63. The lowest BCUT2D eigenvalue weighted by Gasteiger charge is -2.37. The smallest absolute Gasteiger partial charge is 0.410 e. The van der Waals surface area contributed by atoms with Crippen molar-refractivity contribution in [3.8, 4) is 0 Å². The SMILES string of the molecule is CC(C)(C)OC(=O)N1C[C@@H](CO[Si](C)(C)C(C)(C)C)C[C@H]1CO. The van der Waals surface area contributed by atoms with E-state index in [2.05, 4.69) is 33.9 Å². The van der Waals surface area contributed by atoms with Crippen LogP contribution in [-0.4, -0.2) is 55.8 Å². The maximum Gasteiger partial charge on any atom is 0.410 e. The lowest BCUT2D eigenvalue weighted by Crippen LogP contribution is -2.43. The standard InChI is InChI=1S/C17H35NO4Si/c1-16(2,3)22-15(20)18-10-13(9-14(18)11-19)12-21-23(7,8)17(4,5)6/h13-14,19H,9-12H2,1-8H3/t13-,14-/m0/s1. The van der Waals surface area contributed by atoms with Crippen molar-refractivity contribution in [3.05, 3.63) is 0 Å². The summed E-state index contributed by atoms with van der Waals surface area (Å²) < 4.78 is 11.7. The maximum atomic E-state index is 12.3. The van der Waals surface area contributed by atoms with Crippen LogP contribution in [0.25, 0.3) is 0 Å². The molecule has 1 rings (SSSR count). The lowest BCUT2D eigenvalue weighted by atomic mass is 10.1. The molecule has 0 aromatic rings. The monoisotopic (exact) mass is 345 g/mol. The van der Waals surface area contributed by atoms with E-state index in [1.54, 1.807) is 4.90 Å². The number of nitrogens with zero attached hydrogens (tertiary/aromatic N) is 1. The van der Waals surface area contributed by atoms with Crippen molar-refractivity contribution < 1.29 is 19.1 Å². The van der Waals surface area contributed by atoms with E-state index < -0.39 is 13.9 Å². The molecule has 2 atom stereocenters. The first-order valence-corrected chi connectivity index (χ1v) is 11.4. The summed E-state index contributed by atoms with van der Waals surface area (Å²) in [6.45, 7) is 17.9. The summed E-state index contributed by atoms with van der Waals surface area (Å²) in [5.74, 6) is 0.258. The molecule has 0 aromatic carbocycles. The van der Waals surface area contributed by atoms with Gasteiger partial charge in [-0.05, 0) is 45.3 Å². The minimum atomic E-state index is -1.79. The van der Waals surface area contributed by atoms with Crippen molar-refractivity contribution in [1.82, 2.24) is 4.90 Å². The Morgan fingerprint density at radius 3 is 2.22 bits per heavy atom.